The fraction of sp³-hybridized carbons (Fsp3) is 0.529. The van der Waals surface area contributed by atoms with Gasteiger partial charge in [0.15, 0.2) is 0 Å². The van der Waals surface area contributed by atoms with E-state index in [0.717, 1.165) is 18.5 Å². The van der Waals surface area contributed by atoms with Gasteiger partial charge in [-0.3, -0.25) is 4.79 Å². The van der Waals surface area contributed by atoms with Gasteiger partial charge in [-0.2, -0.15) is 5.26 Å². The van der Waals surface area contributed by atoms with Crippen LogP contribution in [-0.2, 0) is 11.2 Å². The molecule has 0 fully saturated rings. The van der Waals surface area contributed by atoms with Crippen molar-refractivity contribution in [3.63, 3.8) is 0 Å². The Morgan fingerprint density at radius 2 is 2.10 bits per heavy atom. The van der Waals surface area contributed by atoms with E-state index >= 15 is 0 Å². The van der Waals surface area contributed by atoms with Crippen molar-refractivity contribution in [1.82, 2.24) is 4.90 Å². The quantitative estimate of drug-likeness (QED) is 0.764. The number of hydrogen-bond acceptors (Lipinski definition) is 2. The van der Waals surface area contributed by atoms with Gasteiger partial charge in [-0.25, -0.2) is 0 Å². The minimum Gasteiger partial charge on any atom is -0.341 e. The normalized spacial score (nSPS) is 10.3. The number of nitriles is 1. The summed E-state index contributed by atoms with van der Waals surface area (Å²) in [4.78, 5) is 14.2. The SMILES string of the molecule is Cc1cccc(CC(=O)N(CCC#N)CCC(C)C)c1. The van der Waals surface area contributed by atoms with Crippen molar-refractivity contribution in [2.75, 3.05) is 13.1 Å². The highest BCUT2D eigenvalue weighted by molar-refractivity contribution is 5.78. The molecule has 1 rings (SSSR count). The van der Waals surface area contributed by atoms with Crippen LogP contribution < -0.4 is 0 Å². The molecule has 1 amide bonds. The molecule has 0 N–H and O–H groups in total. The maximum Gasteiger partial charge on any atom is 0.227 e. The average molecular weight is 272 g/mol. The molecule has 0 saturated carbocycles. The maximum atomic E-state index is 12.4. The molecule has 0 atom stereocenters. The minimum absolute atomic E-state index is 0.117. The molecule has 0 saturated heterocycles. The molecule has 1 aromatic carbocycles. The summed E-state index contributed by atoms with van der Waals surface area (Å²) in [5.41, 5.74) is 2.21. The lowest BCUT2D eigenvalue weighted by Gasteiger charge is -2.22. The third-order valence-electron chi connectivity index (χ3n) is 3.26. The highest BCUT2D eigenvalue weighted by Gasteiger charge is 2.14. The number of carbonyl (C=O) groups is 1. The van der Waals surface area contributed by atoms with Gasteiger partial charge in [0.05, 0.1) is 18.9 Å². The monoisotopic (exact) mass is 272 g/mol. The zero-order valence-electron chi connectivity index (χ0n) is 12.7. The molecule has 0 aliphatic heterocycles. The standard InChI is InChI=1S/C17H24N2O/c1-14(2)8-11-19(10-5-9-18)17(20)13-16-7-4-6-15(3)12-16/h4,6-7,12,14H,5,8,10-11,13H2,1-3H3. The van der Waals surface area contributed by atoms with Crippen LogP contribution in [0.2, 0.25) is 0 Å². The summed E-state index contributed by atoms with van der Waals surface area (Å²) >= 11 is 0. The molecule has 0 heterocycles. The fourth-order valence-electron chi connectivity index (χ4n) is 2.07. The summed E-state index contributed by atoms with van der Waals surface area (Å²) in [6, 6.07) is 10.2. The first-order valence-corrected chi connectivity index (χ1v) is 7.23. The van der Waals surface area contributed by atoms with E-state index < -0.39 is 0 Å². The van der Waals surface area contributed by atoms with Gasteiger partial charge in [-0.15, -0.1) is 0 Å². The van der Waals surface area contributed by atoms with Gasteiger partial charge in [0.1, 0.15) is 0 Å². The second-order valence-corrected chi connectivity index (χ2v) is 5.64. The number of aryl methyl sites for hydroxylation is 1. The third-order valence-corrected chi connectivity index (χ3v) is 3.26. The Kier molecular flexibility index (Phi) is 6.79. The number of benzene rings is 1. The lowest BCUT2D eigenvalue weighted by molar-refractivity contribution is -0.130. The van der Waals surface area contributed by atoms with Crippen LogP contribution in [-0.4, -0.2) is 23.9 Å². The Morgan fingerprint density at radius 1 is 1.35 bits per heavy atom. The summed E-state index contributed by atoms with van der Waals surface area (Å²) in [7, 11) is 0. The average Bonchev–Trinajstić information content (AvgIpc) is 2.38. The van der Waals surface area contributed by atoms with Crippen LogP contribution in [0, 0.1) is 24.2 Å². The van der Waals surface area contributed by atoms with Gasteiger partial charge < -0.3 is 4.90 Å². The van der Waals surface area contributed by atoms with Crippen molar-refractivity contribution in [1.29, 1.82) is 5.26 Å². The molecule has 0 unspecified atom stereocenters. The molecule has 0 aliphatic carbocycles. The highest BCUT2D eigenvalue weighted by atomic mass is 16.2. The zero-order chi connectivity index (χ0) is 15.0. The Balaban J connectivity index is 2.64. The van der Waals surface area contributed by atoms with E-state index in [4.69, 9.17) is 5.26 Å². The van der Waals surface area contributed by atoms with E-state index in [0.29, 0.717) is 25.3 Å². The molecule has 3 heteroatoms. The number of hydrogen-bond donors (Lipinski definition) is 0. The van der Waals surface area contributed by atoms with Gasteiger partial charge in [0.25, 0.3) is 0 Å². The number of amides is 1. The van der Waals surface area contributed by atoms with E-state index in [-0.39, 0.29) is 5.91 Å². The second kappa shape index (κ2) is 8.37. The Labute approximate surface area is 122 Å². The number of rotatable bonds is 7. The van der Waals surface area contributed by atoms with Crippen molar-refractivity contribution in [3.8, 4) is 6.07 Å². The molecule has 0 aromatic heterocycles. The van der Waals surface area contributed by atoms with Gasteiger partial charge >= 0.3 is 0 Å². The van der Waals surface area contributed by atoms with E-state index in [9.17, 15) is 4.79 Å². The molecule has 3 nitrogen and oxygen atoms in total. The predicted octanol–water partition coefficient (Wildman–Crippen LogP) is 3.33. The third kappa shape index (κ3) is 5.88. The summed E-state index contributed by atoms with van der Waals surface area (Å²) in [6.45, 7) is 7.60. The molecule has 0 bridgehead atoms. The van der Waals surface area contributed by atoms with Crippen molar-refractivity contribution >= 4 is 5.91 Å². The van der Waals surface area contributed by atoms with Gasteiger partial charge in [-0.05, 0) is 24.8 Å². The first kappa shape index (κ1) is 16.2. The second-order valence-electron chi connectivity index (χ2n) is 5.64. The van der Waals surface area contributed by atoms with E-state index in [1.165, 1.54) is 5.56 Å². The topological polar surface area (TPSA) is 44.1 Å². The van der Waals surface area contributed by atoms with Crippen LogP contribution >= 0.6 is 0 Å². The van der Waals surface area contributed by atoms with Gasteiger partial charge in [-0.1, -0.05) is 43.7 Å². The van der Waals surface area contributed by atoms with Crippen LogP contribution in [0.1, 0.15) is 37.8 Å². The first-order chi connectivity index (χ1) is 9.52. The molecular weight excluding hydrogens is 248 g/mol. The van der Waals surface area contributed by atoms with E-state index in [2.05, 4.69) is 19.9 Å². The molecule has 0 aliphatic rings. The zero-order valence-corrected chi connectivity index (χ0v) is 12.7. The molecule has 20 heavy (non-hydrogen) atoms. The van der Waals surface area contributed by atoms with Crippen molar-refractivity contribution in [2.45, 2.75) is 40.0 Å². The van der Waals surface area contributed by atoms with E-state index in [1.807, 2.05) is 36.1 Å². The Morgan fingerprint density at radius 3 is 2.70 bits per heavy atom. The largest absolute Gasteiger partial charge is 0.341 e. The van der Waals surface area contributed by atoms with Gasteiger partial charge in [0, 0.05) is 13.1 Å². The van der Waals surface area contributed by atoms with E-state index in [1.54, 1.807) is 0 Å². The molecule has 0 spiro atoms. The van der Waals surface area contributed by atoms with Gasteiger partial charge in [0.2, 0.25) is 5.91 Å². The van der Waals surface area contributed by atoms with Crippen LogP contribution in [0.15, 0.2) is 24.3 Å². The van der Waals surface area contributed by atoms with Crippen LogP contribution in [0.4, 0.5) is 0 Å². The molecule has 108 valence electrons. The van der Waals surface area contributed by atoms with Crippen molar-refractivity contribution in [2.24, 2.45) is 5.92 Å². The summed E-state index contributed by atoms with van der Waals surface area (Å²) < 4.78 is 0. The minimum atomic E-state index is 0.117. The van der Waals surface area contributed by atoms with Crippen LogP contribution in [0.3, 0.4) is 0 Å². The lowest BCUT2D eigenvalue weighted by Crippen LogP contribution is -2.34. The van der Waals surface area contributed by atoms with Crippen LogP contribution in [0.5, 0.6) is 0 Å². The molecule has 0 radical (unpaired) electrons. The summed E-state index contributed by atoms with van der Waals surface area (Å²) in [6.07, 6.45) is 1.80. The van der Waals surface area contributed by atoms with Crippen molar-refractivity contribution < 1.29 is 4.79 Å². The lowest BCUT2D eigenvalue weighted by atomic mass is 10.1. The number of carbonyl (C=O) groups excluding carboxylic acids is 1. The number of nitrogens with zero attached hydrogens (tertiary/aromatic N) is 2. The summed E-state index contributed by atoms with van der Waals surface area (Å²) in [5.74, 6) is 0.679. The van der Waals surface area contributed by atoms with Crippen LogP contribution in [0.25, 0.3) is 0 Å². The molecule has 1 aromatic rings. The maximum absolute atomic E-state index is 12.4. The Bertz CT molecular complexity index is 474. The Hall–Kier alpha value is -1.82. The molecular formula is C17H24N2O. The highest BCUT2D eigenvalue weighted by Crippen LogP contribution is 2.09. The first-order valence-electron chi connectivity index (χ1n) is 7.23. The predicted molar refractivity (Wildman–Crippen MR) is 81.1 cm³/mol. The fourth-order valence-corrected chi connectivity index (χ4v) is 2.07. The smallest absolute Gasteiger partial charge is 0.227 e. The van der Waals surface area contributed by atoms with Crippen molar-refractivity contribution in [3.05, 3.63) is 35.4 Å². The summed E-state index contributed by atoms with van der Waals surface area (Å²) in [5, 5.41) is 8.71.